The fourth-order valence-electron chi connectivity index (χ4n) is 1.67. The molecule has 0 radical (unpaired) electrons. The smallest absolute Gasteiger partial charge is 0.267 e. The number of halogens is 1. The zero-order valence-corrected chi connectivity index (χ0v) is 12.4. The maximum Gasteiger partial charge on any atom is 0.271 e. The van der Waals surface area contributed by atoms with E-state index in [-0.39, 0.29) is 11.6 Å². The summed E-state index contributed by atoms with van der Waals surface area (Å²) < 4.78 is 0. The zero-order valence-electron chi connectivity index (χ0n) is 11.6. The SMILES string of the molecule is Cc1ccc(C(=O)N/N=C\c2cc([N+](=O)[O-])ccc2Cl)cc1. The van der Waals surface area contributed by atoms with Gasteiger partial charge in [0, 0.05) is 28.3 Å². The highest BCUT2D eigenvalue weighted by Crippen LogP contribution is 2.20. The van der Waals surface area contributed by atoms with Gasteiger partial charge in [-0.2, -0.15) is 5.10 Å². The summed E-state index contributed by atoms with van der Waals surface area (Å²) in [5, 5.41) is 14.8. The predicted octanol–water partition coefficient (Wildman–Crippen LogP) is 3.32. The molecule has 0 aliphatic rings. The summed E-state index contributed by atoms with van der Waals surface area (Å²) in [5.41, 5.74) is 4.10. The molecule has 0 spiro atoms. The Morgan fingerprint density at radius 3 is 2.59 bits per heavy atom. The fraction of sp³-hybridized carbons (Fsp3) is 0.0667. The van der Waals surface area contributed by atoms with Gasteiger partial charge in [0.15, 0.2) is 0 Å². The maximum absolute atomic E-state index is 11.8. The average Bonchev–Trinajstić information content (AvgIpc) is 2.49. The first-order valence-electron chi connectivity index (χ1n) is 6.31. The monoisotopic (exact) mass is 317 g/mol. The first-order chi connectivity index (χ1) is 10.5. The number of benzene rings is 2. The van der Waals surface area contributed by atoms with Crippen LogP contribution in [0.2, 0.25) is 5.02 Å². The molecule has 2 aromatic carbocycles. The summed E-state index contributed by atoms with van der Waals surface area (Å²) in [5.74, 6) is -0.377. The lowest BCUT2D eigenvalue weighted by molar-refractivity contribution is -0.384. The number of hydrazone groups is 1. The molecule has 0 aliphatic heterocycles. The Kier molecular flexibility index (Phi) is 4.85. The molecule has 0 aromatic heterocycles. The minimum atomic E-state index is -0.529. The molecule has 22 heavy (non-hydrogen) atoms. The van der Waals surface area contributed by atoms with Crippen LogP contribution in [0, 0.1) is 17.0 Å². The van der Waals surface area contributed by atoms with Crippen LogP contribution in [0.25, 0.3) is 0 Å². The second-order valence-corrected chi connectivity index (χ2v) is 4.94. The first-order valence-corrected chi connectivity index (χ1v) is 6.69. The van der Waals surface area contributed by atoms with Gasteiger partial charge in [0.05, 0.1) is 11.1 Å². The van der Waals surface area contributed by atoms with Crippen LogP contribution >= 0.6 is 11.6 Å². The van der Waals surface area contributed by atoms with Gasteiger partial charge in [0.25, 0.3) is 11.6 Å². The average molecular weight is 318 g/mol. The molecule has 0 bridgehead atoms. The lowest BCUT2D eigenvalue weighted by atomic mass is 10.1. The number of nitrogens with one attached hydrogen (secondary N) is 1. The molecule has 112 valence electrons. The maximum atomic E-state index is 11.8. The van der Waals surface area contributed by atoms with Crippen LogP contribution < -0.4 is 5.43 Å². The highest BCUT2D eigenvalue weighted by Gasteiger charge is 2.08. The molecule has 1 amide bonds. The standard InChI is InChI=1S/C15H12ClN3O3/c1-10-2-4-11(5-3-10)15(20)18-17-9-12-8-13(19(21)22)6-7-14(12)16/h2-9H,1H3,(H,18,20)/b17-9-. The molecule has 0 unspecified atom stereocenters. The van der Waals surface area contributed by atoms with Crippen LogP contribution in [0.4, 0.5) is 5.69 Å². The third-order valence-electron chi connectivity index (χ3n) is 2.87. The van der Waals surface area contributed by atoms with Crippen LogP contribution in [0.1, 0.15) is 21.5 Å². The first kappa shape index (κ1) is 15.7. The fourth-order valence-corrected chi connectivity index (χ4v) is 1.84. The van der Waals surface area contributed by atoms with Gasteiger partial charge in [-0.3, -0.25) is 14.9 Å². The largest absolute Gasteiger partial charge is 0.271 e. The molecule has 7 heteroatoms. The van der Waals surface area contributed by atoms with Crippen molar-refractivity contribution in [2.75, 3.05) is 0 Å². The number of nitrogens with zero attached hydrogens (tertiary/aromatic N) is 2. The Morgan fingerprint density at radius 1 is 1.27 bits per heavy atom. The molecule has 0 fully saturated rings. The molecule has 2 rings (SSSR count). The Labute approximate surface area is 131 Å². The lowest BCUT2D eigenvalue weighted by Crippen LogP contribution is -2.17. The van der Waals surface area contributed by atoms with E-state index in [1.807, 2.05) is 19.1 Å². The van der Waals surface area contributed by atoms with E-state index in [1.54, 1.807) is 12.1 Å². The quantitative estimate of drug-likeness (QED) is 0.533. The van der Waals surface area contributed by atoms with Gasteiger partial charge >= 0.3 is 0 Å². The Morgan fingerprint density at radius 2 is 1.95 bits per heavy atom. The number of aryl methyl sites for hydroxylation is 1. The third-order valence-corrected chi connectivity index (χ3v) is 3.22. The molecular weight excluding hydrogens is 306 g/mol. The molecule has 0 heterocycles. The van der Waals surface area contributed by atoms with E-state index in [2.05, 4.69) is 10.5 Å². The van der Waals surface area contributed by atoms with Crippen LogP contribution in [0.3, 0.4) is 0 Å². The van der Waals surface area contributed by atoms with Crippen molar-refractivity contribution < 1.29 is 9.72 Å². The van der Waals surface area contributed by atoms with Crippen molar-refractivity contribution in [1.29, 1.82) is 0 Å². The second-order valence-electron chi connectivity index (χ2n) is 4.53. The van der Waals surface area contributed by atoms with Crippen molar-refractivity contribution in [3.63, 3.8) is 0 Å². The van der Waals surface area contributed by atoms with Crippen LogP contribution in [0.5, 0.6) is 0 Å². The summed E-state index contributed by atoms with van der Waals surface area (Å²) >= 11 is 5.92. The van der Waals surface area contributed by atoms with Gasteiger partial charge in [0.2, 0.25) is 0 Å². The van der Waals surface area contributed by atoms with E-state index in [0.717, 1.165) is 5.56 Å². The minimum Gasteiger partial charge on any atom is -0.267 e. The normalized spacial score (nSPS) is 10.6. The summed E-state index contributed by atoms with van der Waals surface area (Å²) in [6, 6.07) is 11.0. The minimum absolute atomic E-state index is 0.101. The van der Waals surface area contributed by atoms with E-state index in [1.165, 1.54) is 24.4 Å². The number of rotatable bonds is 4. The Bertz CT molecular complexity index is 742. The van der Waals surface area contributed by atoms with Crippen LogP contribution in [0.15, 0.2) is 47.6 Å². The van der Waals surface area contributed by atoms with Crippen molar-refractivity contribution >= 4 is 29.4 Å². The number of hydrogen-bond acceptors (Lipinski definition) is 4. The van der Waals surface area contributed by atoms with Crippen molar-refractivity contribution in [3.05, 3.63) is 74.3 Å². The van der Waals surface area contributed by atoms with Gasteiger partial charge in [-0.25, -0.2) is 5.43 Å². The highest BCUT2D eigenvalue weighted by molar-refractivity contribution is 6.33. The highest BCUT2D eigenvalue weighted by atomic mass is 35.5. The van der Waals surface area contributed by atoms with Gasteiger partial charge in [0.1, 0.15) is 0 Å². The molecule has 2 aromatic rings. The Hall–Kier alpha value is -2.73. The van der Waals surface area contributed by atoms with Crippen LogP contribution in [-0.2, 0) is 0 Å². The summed E-state index contributed by atoms with van der Waals surface area (Å²) in [4.78, 5) is 22.0. The van der Waals surface area contributed by atoms with Crippen molar-refractivity contribution in [1.82, 2.24) is 5.43 Å². The second kappa shape index (κ2) is 6.82. The summed E-state index contributed by atoms with van der Waals surface area (Å²) in [6.07, 6.45) is 1.27. The Balaban J connectivity index is 2.09. The van der Waals surface area contributed by atoms with Crippen molar-refractivity contribution in [3.8, 4) is 0 Å². The zero-order chi connectivity index (χ0) is 16.1. The van der Waals surface area contributed by atoms with Gasteiger partial charge in [-0.15, -0.1) is 0 Å². The predicted molar refractivity (Wildman–Crippen MR) is 84.3 cm³/mol. The molecule has 0 atom stereocenters. The number of nitro benzene ring substituents is 1. The van der Waals surface area contributed by atoms with Gasteiger partial charge in [-0.05, 0) is 25.1 Å². The van der Waals surface area contributed by atoms with Crippen molar-refractivity contribution in [2.45, 2.75) is 6.92 Å². The van der Waals surface area contributed by atoms with E-state index >= 15 is 0 Å². The molecule has 0 saturated heterocycles. The van der Waals surface area contributed by atoms with Crippen molar-refractivity contribution in [2.24, 2.45) is 5.10 Å². The third kappa shape index (κ3) is 3.89. The number of carbonyl (C=O) groups excluding carboxylic acids is 1. The van der Waals surface area contributed by atoms with E-state index in [9.17, 15) is 14.9 Å². The summed E-state index contributed by atoms with van der Waals surface area (Å²) in [7, 11) is 0. The number of hydrogen-bond donors (Lipinski definition) is 1. The number of non-ortho nitro benzene ring substituents is 1. The number of amides is 1. The van der Waals surface area contributed by atoms with E-state index in [4.69, 9.17) is 11.6 Å². The molecule has 0 aliphatic carbocycles. The van der Waals surface area contributed by atoms with Gasteiger partial charge < -0.3 is 0 Å². The lowest BCUT2D eigenvalue weighted by Gasteiger charge is -2.01. The molecule has 0 saturated carbocycles. The van der Waals surface area contributed by atoms with E-state index in [0.29, 0.717) is 16.1 Å². The van der Waals surface area contributed by atoms with E-state index < -0.39 is 4.92 Å². The topological polar surface area (TPSA) is 84.6 Å². The van der Waals surface area contributed by atoms with Gasteiger partial charge in [-0.1, -0.05) is 29.3 Å². The number of nitro groups is 1. The summed E-state index contributed by atoms with van der Waals surface area (Å²) in [6.45, 7) is 1.92. The molecule has 1 N–H and O–H groups in total. The molecular formula is C15H12ClN3O3. The van der Waals surface area contributed by atoms with Crippen LogP contribution in [-0.4, -0.2) is 17.0 Å². The number of carbonyl (C=O) groups is 1. The molecule has 6 nitrogen and oxygen atoms in total.